The molecule has 1 aromatic rings. The predicted octanol–water partition coefficient (Wildman–Crippen LogP) is 4.17. The van der Waals surface area contributed by atoms with Crippen LogP contribution in [0, 0.1) is 9.49 Å². The number of nitrogens with zero attached hydrogens (tertiary/aromatic N) is 1. The third kappa shape index (κ3) is 4.25. The molecule has 2 nitrogen and oxygen atoms in total. The molecule has 0 saturated heterocycles. The summed E-state index contributed by atoms with van der Waals surface area (Å²) in [6, 6.07) is 5.81. The van der Waals surface area contributed by atoms with Crippen LogP contribution in [0.3, 0.4) is 0 Å². The summed E-state index contributed by atoms with van der Waals surface area (Å²) in [6.45, 7) is 7.83. The van der Waals surface area contributed by atoms with E-state index in [2.05, 4.69) is 52.4 Å². The molecule has 1 amide bonds. The second-order valence-electron chi connectivity index (χ2n) is 4.36. The molecule has 1 rings (SSSR count). The summed E-state index contributed by atoms with van der Waals surface area (Å²) in [5, 5.41) is 0. The molecule has 0 bridgehead atoms. The average Bonchev–Trinajstić information content (AvgIpc) is 2.28. The van der Waals surface area contributed by atoms with E-state index in [4.69, 9.17) is 0 Å². The van der Waals surface area contributed by atoms with Gasteiger partial charge in [0, 0.05) is 21.1 Å². The fourth-order valence-corrected chi connectivity index (χ4v) is 2.56. The lowest BCUT2D eigenvalue weighted by Gasteiger charge is -2.23. The Hall–Kier alpha value is -0.100. The molecule has 0 fully saturated rings. The molecule has 0 N–H and O–H groups in total. The lowest BCUT2D eigenvalue weighted by molar-refractivity contribution is 0.0744. The lowest BCUT2D eigenvalue weighted by atomic mass is 10.1. The molecule has 0 saturated carbocycles. The SMILES string of the molecule is CCN(CC(C)C)C(=O)c1cc(Br)ccc1I. The maximum atomic E-state index is 12.4. The van der Waals surface area contributed by atoms with Gasteiger partial charge in [0.15, 0.2) is 0 Å². The fraction of sp³-hybridized carbons (Fsp3) is 0.462. The van der Waals surface area contributed by atoms with Crippen LogP contribution < -0.4 is 0 Å². The molecule has 17 heavy (non-hydrogen) atoms. The van der Waals surface area contributed by atoms with Gasteiger partial charge in [-0.1, -0.05) is 29.8 Å². The van der Waals surface area contributed by atoms with E-state index in [1.165, 1.54) is 0 Å². The standard InChI is InChI=1S/C13H17BrINO/c1-4-16(8-9(2)3)13(17)11-7-10(14)5-6-12(11)15/h5-7,9H,4,8H2,1-3H3. The van der Waals surface area contributed by atoms with Gasteiger partial charge in [-0.3, -0.25) is 4.79 Å². The number of halogens is 2. The van der Waals surface area contributed by atoms with Gasteiger partial charge in [0.25, 0.3) is 5.91 Å². The molecule has 0 radical (unpaired) electrons. The Bertz CT molecular complexity index is 406. The lowest BCUT2D eigenvalue weighted by Crippen LogP contribution is -2.34. The van der Waals surface area contributed by atoms with Crippen molar-refractivity contribution in [1.29, 1.82) is 0 Å². The van der Waals surface area contributed by atoms with E-state index in [-0.39, 0.29) is 5.91 Å². The van der Waals surface area contributed by atoms with Crippen LogP contribution in [0.25, 0.3) is 0 Å². The van der Waals surface area contributed by atoms with Crippen molar-refractivity contribution in [3.05, 3.63) is 31.8 Å². The van der Waals surface area contributed by atoms with Gasteiger partial charge in [-0.15, -0.1) is 0 Å². The Labute approximate surface area is 125 Å². The Morgan fingerprint density at radius 1 is 1.47 bits per heavy atom. The van der Waals surface area contributed by atoms with Crippen LogP contribution in [0.5, 0.6) is 0 Å². The van der Waals surface area contributed by atoms with Crippen LogP contribution >= 0.6 is 38.5 Å². The third-order valence-corrected chi connectivity index (χ3v) is 3.85. The zero-order chi connectivity index (χ0) is 13.0. The van der Waals surface area contributed by atoms with Crippen molar-refractivity contribution in [3.8, 4) is 0 Å². The first kappa shape index (κ1) is 15.0. The van der Waals surface area contributed by atoms with Crippen LogP contribution in [0.2, 0.25) is 0 Å². The van der Waals surface area contributed by atoms with Crippen molar-refractivity contribution in [2.45, 2.75) is 20.8 Å². The number of carbonyl (C=O) groups is 1. The minimum atomic E-state index is 0.118. The number of benzene rings is 1. The molecule has 0 unspecified atom stereocenters. The van der Waals surface area contributed by atoms with Crippen LogP contribution in [0.1, 0.15) is 31.1 Å². The van der Waals surface area contributed by atoms with E-state index in [0.29, 0.717) is 5.92 Å². The van der Waals surface area contributed by atoms with Gasteiger partial charge in [0.05, 0.1) is 5.56 Å². The summed E-state index contributed by atoms with van der Waals surface area (Å²) < 4.78 is 1.94. The zero-order valence-electron chi connectivity index (χ0n) is 10.3. The topological polar surface area (TPSA) is 20.3 Å². The summed E-state index contributed by atoms with van der Waals surface area (Å²) >= 11 is 5.62. The molecule has 0 spiro atoms. The number of rotatable bonds is 4. The maximum Gasteiger partial charge on any atom is 0.254 e. The highest BCUT2D eigenvalue weighted by Gasteiger charge is 2.17. The highest BCUT2D eigenvalue weighted by molar-refractivity contribution is 14.1. The quantitative estimate of drug-likeness (QED) is 0.683. The third-order valence-electron chi connectivity index (χ3n) is 2.41. The van der Waals surface area contributed by atoms with E-state index >= 15 is 0 Å². The number of hydrogen-bond acceptors (Lipinski definition) is 1. The first-order valence-electron chi connectivity index (χ1n) is 5.70. The van der Waals surface area contributed by atoms with Crippen LogP contribution in [0.4, 0.5) is 0 Å². The number of hydrogen-bond donors (Lipinski definition) is 0. The summed E-state index contributed by atoms with van der Waals surface area (Å²) in [4.78, 5) is 14.3. The average molecular weight is 410 g/mol. The van der Waals surface area contributed by atoms with Crippen LogP contribution in [0.15, 0.2) is 22.7 Å². The second-order valence-corrected chi connectivity index (χ2v) is 6.44. The van der Waals surface area contributed by atoms with E-state index < -0.39 is 0 Å². The Morgan fingerprint density at radius 2 is 2.12 bits per heavy atom. The molecular formula is C13H17BrINO. The van der Waals surface area contributed by atoms with Crippen molar-refractivity contribution in [2.75, 3.05) is 13.1 Å². The molecule has 0 atom stereocenters. The number of amides is 1. The summed E-state index contributed by atoms with van der Waals surface area (Å²) in [5.74, 6) is 0.607. The van der Waals surface area contributed by atoms with E-state index in [1.807, 2.05) is 30.0 Å². The molecule has 0 aliphatic heterocycles. The van der Waals surface area contributed by atoms with Gasteiger partial charge >= 0.3 is 0 Å². The van der Waals surface area contributed by atoms with Crippen molar-refractivity contribution in [1.82, 2.24) is 4.90 Å². The van der Waals surface area contributed by atoms with Crippen LogP contribution in [-0.4, -0.2) is 23.9 Å². The fourth-order valence-electron chi connectivity index (χ4n) is 1.63. The second kappa shape index (κ2) is 6.73. The monoisotopic (exact) mass is 409 g/mol. The smallest absolute Gasteiger partial charge is 0.254 e. The van der Waals surface area contributed by atoms with Gasteiger partial charge in [0.2, 0.25) is 0 Å². The predicted molar refractivity (Wildman–Crippen MR) is 83.3 cm³/mol. The Kier molecular flexibility index (Phi) is 5.92. The van der Waals surface area contributed by atoms with Crippen molar-refractivity contribution < 1.29 is 4.79 Å². The van der Waals surface area contributed by atoms with E-state index in [9.17, 15) is 4.79 Å². The van der Waals surface area contributed by atoms with Crippen molar-refractivity contribution in [3.63, 3.8) is 0 Å². The largest absolute Gasteiger partial charge is 0.339 e. The molecular weight excluding hydrogens is 393 g/mol. The molecule has 0 aliphatic carbocycles. The van der Waals surface area contributed by atoms with Gasteiger partial charge in [-0.05, 0) is 53.6 Å². The minimum Gasteiger partial charge on any atom is -0.339 e. The zero-order valence-corrected chi connectivity index (χ0v) is 14.1. The Balaban J connectivity index is 2.97. The number of carbonyl (C=O) groups excluding carboxylic acids is 1. The first-order chi connectivity index (χ1) is 7.95. The first-order valence-corrected chi connectivity index (χ1v) is 7.57. The molecule has 94 valence electrons. The highest BCUT2D eigenvalue weighted by Crippen LogP contribution is 2.20. The highest BCUT2D eigenvalue weighted by atomic mass is 127. The Morgan fingerprint density at radius 3 is 2.65 bits per heavy atom. The maximum absolute atomic E-state index is 12.4. The van der Waals surface area contributed by atoms with Crippen molar-refractivity contribution in [2.24, 2.45) is 5.92 Å². The van der Waals surface area contributed by atoms with E-state index in [0.717, 1.165) is 26.7 Å². The summed E-state index contributed by atoms with van der Waals surface area (Å²) in [7, 11) is 0. The summed E-state index contributed by atoms with van der Waals surface area (Å²) in [5.41, 5.74) is 0.780. The van der Waals surface area contributed by atoms with E-state index in [1.54, 1.807) is 0 Å². The van der Waals surface area contributed by atoms with Gasteiger partial charge in [-0.25, -0.2) is 0 Å². The van der Waals surface area contributed by atoms with Crippen LogP contribution in [-0.2, 0) is 0 Å². The van der Waals surface area contributed by atoms with Gasteiger partial charge < -0.3 is 4.90 Å². The molecule has 1 aromatic carbocycles. The minimum absolute atomic E-state index is 0.118. The van der Waals surface area contributed by atoms with Gasteiger partial charge in [-0.2, -0.15) is 0 Å². The summed E-state index contributed by atoms with van der Waals surface area (Å²) in [6.07, 6.45) is 0. The normalized spacial score (nSPS) is 10.7. The molecule has 4 heteroatoms. The van der Waals surface area contributed by atoms with Gasteiger partial charge in [0.1, 0.15) is 0 Å². The molecule has 0 aromatic heterocycles. The van der Waals surface area contributed by atoms with Crippen molar-refractivity contribution >= 4 is 44.4 Å². The molecule has 0 heterocycles. The molecule has 0 aliphatic rings.